The highest BCUT2D eigenvalue weighted by Crippen LogP contribution is 2.23. The minimum Gasteiger partial charge on any atom is -0.497 e. The van der Waals surface area contributed by atoms with Gasteiger partial charge in [0.25, 0.3) is 0 Å². The van der Waals surface area contributed by atoms with Crippen LogP contribution in [0.3, 0.4) is 0 Å². The SMILES string of the molecule is COc1ccc(CCC2CCNC(C(=O)N(C)C)C2)cc1. The van der Waals surface area contributed by atoms with Gasteiger partial charge in [-0.3, -0.25) is 4.79 Å². The topological polar surface area (TPSA) is 41.6 Å². The first kappa shape index (κ1) is 15.8. The lowest BCUT2D eigenvalue weighted by atomic mass is 9.87. The predicted molar refractivity (Wildman–Crippen MR) is 84.5 cm³/mol. The van der Waals surface area contributed by atoms with Gasteiger partial charge in [0.15, 0.2) is 0 Å². The first-order chi connectivity index (χ1) is 10.1. The van der Waals surface area contributed by atoms with Crippen molar-refractivity contribution in [3.8, 4) is 5.75 Å². The van der Waals surface area contributed by atoms with Gasteiger partial charge in [0.1, 0.15) is 5.75 Å². The van der Waals surface area contributed by atoms with Crippen molar-refractivity contribution in [2.24, 2.45) is 5.92 Å². The Morgan fingerprint density at radius 2 is 2.05 bits per heavy atom. The number of carbonyl (C=O) groups excluding carboxylic acids is 1. The number of piperidine rings is 1. The number of ether oxygens (including phenoxy) is 1. The molecular formula is C17H26N2O2. The van der Waals surface area contributed by atoms with Crippen LogP contribution in [0.1, 0.15) is 24.8 Å². The number of hydrogen-bond acceptors (Lipinski definition) is 3. The summed E-state index contributed by atoms with van der Waals surface area (Å²) >= 11 is 0. The quantitative estimate of drug-likeness (QED) is 0.903. The molecule has 0 radical (unpaired) electrons. The van der Waals surface area contributed by atoms with Crippen LogP contribution in [0.4, 0.5) is 0 Å². The maximum absolute atomic E-state index is 12.0. The monoisotopic (exact) mass is 290 g/mol. The summed E-state index contributed by atoms with van der Waals surface area (Å²) in [6.07, 6.45) is 4.32. The number of carbonyl (C=O) groups is 1. The van der Waals surface area contributed by atoms with E-state index in [9.17, 15) is 4.79 Å². The molecule has 4 nitrogen and oxygen atoms in total. The molecule has 1 fully saturated rings. The minimum absolute atomic E-state index is 0.00498. The fraction of sp³-hybridized carbons (Fsp3) is 0.588. The predicted octanol–water partition coefficient (Wildman–Crippen LogP) is 2.08. The molecule has 0 saturated carbocycles. The molecule has 116 valence electrons. The van der Waals surface area contributed by atoms with Crippen molar-refractivity contribution in [3.05, 3.63) is 29.8 Å². The number of likely N-dealkylation sites (N-methyl/N-ethyl adjacent to an activating group) is 1. The van der Waals surface area contributed by atoms with Crippen molar-refractivity contribution < 1.29 is 9.53 Å². The standard InChI is InChI=1S/C17H26N2O2/c1-19(2)17(20)16-12-14(10-11-18-16)5-4-13-6-8-15(21-3)9-7-13/h6-9,14,16,18H,4-5,10-12H2,1-3H3. The summed E-state index contributed by atoms with van der Waals surface area (Å²) in [6.45, 7) is 0.942. The zero-order valence-electron chi connectivity index (χ0n) is 13.3. The summed E-state index contributed by atoms with van der Waals surface area (Å²) in [5, 5.41) is 3.34. The second-order valence-electron chi connectivity index (χ2n) is 6.02. The Labute approximate surface area is 127 Å². The highest BCUT2D eigenvalue weighted by Gasteiger charge is 2.27. The van der Waals surface area contributed by atoms with E-state index in [1.807, 2.05) is 26.2 Å². The van der Waals surface area contributed by atoms with Crippen LogP contribution in [0.25, 0.3) is 0 Å². The molecule has 2 atom stereocenters. The van der Waals surface area contributed by atoms with Crippen molar-refractivity contribution in [2.45, 2.75) is 31.7 Å². The van der Waals surface area contributed by atoms with Crippen LogP contribution >= 0.6 is 0 Å². The molecule has 0 spiro atoms. The molecule has 1 heterocycles. The van der Waals surface area contributed by atoms with Gasteiger partial charge < -0.3 is 15.0 Å². The van der Waals surface area contributed by atoms with E-state index in [2.05, 4.69) is 17.4 Å². The van der Waals surface area contributed by atoms with Gasteiger partial charge in [0.2, 0.25) is 5.91 Å². The van der Waals surface area contributed by atoms with Gasteiger partial charge >= 0.3 is 0 Å². The van der Waals surface area contributed by atoms with Crippen molar-refractivity contribution >= 4 is 5.91 Å². The molecule has 0 bridgehead atoms. The number of hydrogen-bond donors (Lipinski definition) is 1. The third kappa shape index (κ3) is 4.46. The molecule has 0 aromatic heterocycles. The molecule has 0 aliphatic carbocycles. The molecular weight excluding hydrogens is 264 g/mol. The molecule has 1 amide bonds. The third-order valence-corrected chi connectivity index (χ3v) is 4.25. The summed E-state index contributed by atoms with van der Waals surface area (Å²) in [6, 6.07) is 8.27. The van der Waals surface area contributed by atoms with Gasteiger partial charge in [-0.1, -0.05) is 12.1 Å². The maximum Gasteiger partial charge on any atom is 0.239 e. The summed E-state index contributed by atoms with van der Waals surface area (Å²) in [5.74, 6) is 1.73. The Morgan fingerprint density at radius 3 is 2.67 bits per heavy atom. The molecule has 1 aliphatic heterocycles. The van der Waals surface area contributed by atoms with E-state index in [1.54, 1.807) is 12.0 Å². The number of aryl methyl sites for hydroxylation is 1. The summed E-state index contributed by atoms with van der Waals surface area (Å²) < 4.78 is 5.18. The Bertz CT molecular complexity index is 456. The van der Waals surface area contributed by atoms with Gasteiger partial charge in [0, 0.05) is 14.1 Å². The van der Waals surface area contributed by atoms with E-state index in [1.165, 1.54) is 5.56 Å². The summed E-state index contributed by atoms with van der Waals surface area (Å²) in [5.41, 5.74) is 1.34. The van der Waals surface area contributed by atoms with Crippen LogP contribution in [0.15, 0.2) is 24.3 Å². The van der Waals surface area contributed by atoms with Gasteiger partial charge in [0.05, 0.1) is 13.2 Å². The number of amides is 1. The van der Waals surface area contributed by atoms with Crippen molar-refractivity contribution in [1.29, 1.82) is 0 Å². The van der Waals surface area contributed by atoms with Crippen LogP contribution in [0, 0.1) is 5.92 Å². The van der Waals surface area contributed by atoms with E-state index in [-0.39, 0.29) is 11.9 Å². The van der Waals surface area contributed by atoms with E-state index in [0.717, 1.165) is 38.0 Å². The second-order valence-corrected chi connectivity index (χ2v) is 6.02. The maximum atomic E-state index is 12.0. The van der Waals surface area contributed by atoms with E-state index < -0.39 is 0 Å². The number of methoxy groups -OCH3 is 1. The normalized spacial score (nSPS) is 21.9. The molecule has 2 unspecified atom stereocenters. The zero-order chi connectivity index (χ0) is 15.2. The lowest BCUT2D eigenvalue weighted by molar-refractivity contribution is -0.131. The number of rotatable bonds is 5. The van der Waals surface area contributed by atoms with Crippen molar-refractivity contribution in [3.63, 3.8) is 0 Å². The Balaban J connectivity index is 1.83. The van der Waals surface area contributed by atoms with Crippen LogP contribution in [-0.4, -0.2) is 44.6 Å². The average molecular weight is 290 g/mol. The Morgan fingerprint density at radius 1 is 1.33 bits per heavy atom. The van der Waals surface area contributed by atoms with Crippen LogP contribution < -0.4 is 10.1 Å². The molecule has 2 rings (SSSR count). The van der Waals surface area contributed by atoms with E-state index in [4.69, 9.17) is 4.74 Å². The Hall–Kier alpha value is -1.55. The van der Waals surface area contributed by atoms with Gasteiger partial charge in [-0.25, -0.2) is 0 Å². The highest BCUT2D eigenvalue weighted by molar-refractivity contribution is 5.81. The Kier molecular flexibility index (Phi) is 5.62. The molecule has 4 heteroatoms. The van der Waals surface area contributed by atoms with Crippen LogP contribution in [0.5, 0.6) is 5.75 Å². The first-order valence-electron chi connectivity index (χ1n) is 7.67. The smallest absolute Gasteiger partial charge is 0.239 e. The largest absolute Gasteiger partial charge is 0.497 e. The van der Waals surface area contributed by atoms with E-state index >= 15 is 0 Å². The molecule has 1 aromatic carbocycles. The number of nitrogens with zero attached hydrogens (tertiary/aromatic N) is 1. The van der Waals surface area contributed by atoms with Gasteiger partial charge in [-0.15, -0.1) is 0 Å². The lowest BCUT2D eigenvalue weighted by Crippen LogP contribution is -2.48. The number of benzene rings is 1. The third-order valence-electron chi connectivity index (χ3n) is 4.25. The molecule has 1 aliphatic rings. The molecule has 1 aromatic rings. The molecule has 1 N–H and O–H groups in total. The van der Waals surface area contributed by atoms with Crippen molar-refractivity contribution in [1.82, 2.24) is 10.2 Å². The zero-order valence-corrected chi connectivity index (χ0v) is 13.3. The van der Waals surface area contributed by atoms with Gasteiger partial charge in [-0.2, -0.15) is 0 Å². The van der Waals surface area contributed by atoms with Crippen LogP contribution in [0.2, 0.25) is 0 Å². The molecule has 1 saturated heterocycles. The number of nitrogens with one attached hydrogen (secondary N) is 1. The summed E-state index contributed by atoms with van der Waals surface area (Å²) in [4.78, 5) is 13.7. The first-order valence-corrected chi connectivity index (χ1v) is 7.67. The van der Waals surface area contributed by atoms with Crippen molar-refractivity contribution in [2.75, 3.05) is 27.7 Å². The summed E-state index contributed by atoms with van der Waals surface area (Å²) in [7, 11) is 5.34. The van der Waals surface area contributed by atoms with Gasteiger partial charge in [-0.05, 0) is 55.8 Å². The van der Waals surface area contributed by atoms with Crippen LogP contribution in [-0.2, 0) is 11.2 Å². The lowest BCUT2D eigenvalue weighted by Gasteiger charge is -2.31. The fourth-order valence-electron chi connectivity index (χ4n) is 2.92. The minimum atomic E-state index is -0.00498. The average Bonchev–Trinajstić information content (AvgIpc) is 2.53. The fourth-order valence-corrected chi connectivity index (χ4v) is 2.92. The second kappa shape index (κ2) is 7.46. The molecule has 21 heavy (non-hydrogen) atoms. The highest BCUT2D eigenvalue weighted by atomic mass is 16.5. The van der Waals surface area contributed by atoms with E-state index in [0.29, 0.717) is 5.92 Å².